The molecule has 0 N–H and O–H groups in total. The lowest BCUT2D eigenvalue weighted by molar-refractivity contribution is -0.388. The Morgan fingerprint density at radius 2 is 1.50 bits per heavy atom. The summed E-state index contributed by atoms with van der Waals surface area (Å²) in [6.07, 6.45) is 0. The van der Waals surface area contributed by atoms with Crippen LogP contribution in [0.5, 0.6) is 0 Å². The first-order chi connectivity index (χ1) is 7.45. The molecule has 0 radical (unpaired) electrons. The second-order valence-electron chi connectivity index (χ2n) is 2.52. The summed E-state index contributed by atoms with van der Waals surface area (Å²) in [5.74, 6) is -5.75. The van der Waals surface area contributed by atoms with Crippen molar-refractivity contribution in [2.24, 2.45) is 0 Å². The summed E-state index contributed by atoms with van der Waals surface area (Å²) in [6.45, 7) is 0. The molecule has 0 heterocycles. The summed E-state index contributed by atoms with van der Waals surface area (Å²) in [5.41, 5.74) is -4.28. The van der Waals surface area contributed by atoms with Gasteiger partial charge in [-0.3, -0.25) is 10.1 Å². The zero-order valence-corrected chi connectivity index (χ0v) is 7.29. The largest absolute Gasteiger partial charge is 0.328 e. The van der Waals surface area contributed by atoms with Crippen LogP contribution in [-0.2, 0) is 0 Å². The molecule has 0 atom stereocenters. The Morgan fingerprint density at radius 3 is 1.88 bits per heavy atom. The van der Waals surface area contributed by atoms with E-state index in [-0.39, 0.29) is 0 Å². The first-order valence-corrected chi connectivity index (χ1v) is 3.60. The lowest BCUT2D eigenvalue weighted by Crippen LogP contribution is -2.06. The molecule has 0 bridgehead atoms. The number of rotatable bonds is 1. The van der Waals surface area contributed by atoms with Gasteiger partial charge in [-0.15, -0.1) is 0 Å². The lowest BCUT2D eigenvalue weighted by atomic mass is 10.1. The Hall–Kier alpha value is -2.61. The third-order valence-corrected chi connectivity index (χ3v) is 1.70. The molecule has 80 valence electrons. The predicted molar refractivity (Wildman–Crippen MR) is 42.4 cm³/mol. The molecule has 1 aromatic carbocycles. The number of hydrogen-bond acceptors (Lipinski definition) is 4. The van der Waals surface area contributed by atoms with E-state index in [1.807, 2.05) is 0 Å². The molecule has 0 aliphatic rings. The van der Waals surface area contributed by atoms with Crippen LogP contribution in [0.4, 0.5) is 18.9 Å². The number of nitrogens with zero attached hydrogens (tertiary/aromatic N) is 3. The van der Waals surface area contributed by atoms with Gasteiger partial charge in [-0.1, -0.05) is 0 Å². The van der Waals surface area contributed by atoms with E-state index in [9.17, 15) is 23.3 Å². The summed E-state index contributed by atoms with van der Waals surface area (Å²) in [4.78, 5) is 8.87. The maximum atomic E-state index is 13.2. The number of nitriles is 2. The molecule has 0 saturated heterocycles. The van der Waals surface area contributed by atoms with Crippen molar-refractivity contribution in [1.82, 2.24) is 0 Å². The molecule has 0 saturated carbocycles. The third-order valence-electron chi connectivity index (χ3n) is 1.70. The maximum absolute atomic E-state index is 13.2. The van der Waals surface area contributed by atoms with Crippen molar-refractivity contribution < 1.29 is 18.1 Å². The van der Waals surface area contributed by atoms with Gasteiger partial charge in [-0.05, 0) is 0 Å². The van der Waals surface area contributed by atoms with Crippen molar-refractivity contribution in [3.05, 3.63) is 38.7 Å². The summed E-state index contributed by atoms with van der Waals surface area (Å²) < 4.78 is 39.2. The Balaban J connectivity index is 3.89. The molecule has 1 aromatic rings. The zero-order valence-electron chi connectivity index (χ0n) is 7.29. The van der Waals surface area contributed by atoms with Crippen LogP contribution in [0.15, 0.2) is 0 Å². The Morgan fingerprint density at radius 1 is 1.00 bits per heavy atom. The van der Waals surface area contributed by atoms with Crippen molar-refractivity contribution in [3.8, 4) is 12.1 Å². The summed E-state index contributed by atoms with van der Waals surface area (Å²) in [6, 6.07) is 2.00. The Bertz CT molecular complexity index is 572. The van der Waals surface area contributed by atoms with E-state index < -0.39 is 39.2 Å². The fourth-order valence-electron chi connectivity index (χ4n) is 1.02. The van der Waals surface area contributed by atoms with Gasteiger partial charge in [0.25, 0.3) is 0 Å². The van der Waals surface area contributed by atoms with E-state index in [2.05, 4.69) is 0 Å². The van der Waals surface area contributed by atoms with E-state index in [1.165, 1.54) is 0 Å². The lowest BCUT2D eigenvalue weighted by Gasteiger charge is -2.01. The highest BCUT2D eigenvalue weighted by Crippen LogP contribution is 2.29. The maximum Gasteiger partial charge on any atom is 0.328 e. The van der Waals surface area contributed by atoms with Crippen LogP contribution in [0, 0.1) is 50.2 Å². The van der Waals surface area contributed by atoms with E-state index in [1.54, 1.807) is 0 Å². The molecular weight excluding hydrogens is 227 g/mol. The van der Waals surface area contributed by atoms with Crippen LogP contribution >= 0.6 is 0 Å². The van der Waals surface area contributed by atoms with Crippen LogP contribution in [-0.4, -0.2) is 4.92 Å². The van der Waals surface area contributed by atoms with Crippen molar-refractivity contribution in [2.45, 2.75) is 0 Å². The molecule has 0 aliphatic carbocycles. The second-order valence-corrected chi connectivity index (χ2v) is 2.52. The molecule has 0 unspecified atom stereocenters. The quantitative estimate of drug-likeness (QED) is 0.415. The van der Waals surface area contributed by atoms with E-state index in [4.69, 9.17) is 10.5 Å². The highest BCUT2D eigenvalue weighted by Gasteiger charge is 2.32. The Labute approximate surface area is 86.1 Å². The van der Waals surface area contributed by atoms with Gasteiger partial charge >= 0.3 is 5.69 Å². The first-order valence-electron chi connectivity index (χ1n) is 3.60. The number of halogens is 3. The molecule has 0 fully saturated rings. The fourth-order valence-corrected chi connectivity index (χ4v) is 1.02. The summed E-state index contributed by atoms with van der Waals surface area (Å²) in [7, 11) is 0. The van der Waals surface area contributed by atoms with Gasteiger partial charge in [0.05, 0.1) is 4.92 Å². The topological polar surface area (TPSA) is 90.7 Å². The minimum absolute atomic E-state index is 0.982. The van der Waals surface area contributed by atoms with Crippen molar-refractivity contribution in [2.75, 3.05) is 0 Å². The van der Waals surface area contributed by atoms with Crippen LogP contribution in [0.1, 0.15) is 11.1 Å². The van der Waals surface area contributed by atoms with Gasteiger partial charge in [0, 0.05) is 0 Å². The third kappa shape index (κ3) is 1.42. The molecule has 5 nitrogen and oxygen atoms in total. The monoisotopic (exact) mass is 227 g/mol. The van der Waals surface area contributed by atoms with E-state index in [0.29, 0.717) is 0 Å². The number of nitro benzene ring substituents is 1. The van der Waals surface area contributed by atoms with Gasteiger partial charge in [0.1, 0.15) is 17.7 Å². The summed E-state index contributed by atoms with van der Waals surface area (Å²) >= 11 is 0. The number of nitro groups is 1. The molecule has 1 rings (SSSR count). The molecule has 0 spiro atoms. The number of hydrogen-bond donors (Lipinski definition) is 0. The predicted octanol–water partition coefficient (Wildman–Crippen LogP) is 1.76. The first kappa shape index (κ1) is 11.5. The average molecular weight is 227 g/mol. The Kier molecular flexibility index (Phi) is 2.77. The average Bonchev–Trinajstić information content (AvgIpc) is 2.23. The molecule has 8 heteroatoms. The van der Waals surface area contributed by atoms with Gasteiger partial charge < -0.3 is 0 Å². The van der Waals surface area contributed by atoms with Crippen molar-refractivity contribution in [3.63, 3.8) is 0 Å². The molecule has 0 aliphatic heterocycles. The highest BCUT2D eigenvalue weighted by atomic mass is 19.2. The van der Waals surface area contributed by atoms with E-state index >= 15 is 0 Å². The van der Waals surface area contributed by atoms with Crippen LogP contribution in [0.25, 0.3) is 0 Å². The normalized spacial score (nSPS) is 9.31. The minimum atomic E-state index is -2.03. The smallest absolute Gasteiger partial charge is 0.258 e. The number of benzene rings is 1. The SMILES string of the molecule is N#Cc1c(F)c(F)c([N+](=O)[O-])c(C#N)c1F. The summed E-state index contributed by atoms with van der Waals surface area (Å²) in [5, 5.41) is 27.0. The molecular formula is C8F3N3O2. The standard InChI is InChI=1S/C8F3N3O2/c9-5-3(1-12)6(10)7(11)8(14(15)16)4(5)2-13. The second kappa shape index (κ2) is 3.87. The van der Waals surface area contributed by atoms with Gasteiger partial charge in [-0.25, -0.2) is 8.78 Å². The van der Waals surface area contributed by atoms with E-state index in [0.717, 1.165) is 12.1 Å². The fraction of sp³-hybridized carbons (Fsp3) is 0. The van der Waals surface area contributed by atoms with Crippen LogP contribution < -0.4 is 0 Å². The van der Waals surface area contributed by atoms with Gasteiger partial charge in [-0.2, -0.15) is 14.9 Å². The molecule has 0 amide bonds. The van der Waals surface area contributed by atoms with Gasteiger partial charge in [0.2, 0.25) is 5.82 Å². The molecule has 16 heavy (non-hydrogen) atoms. The van der Waals surface area contributed by atoms with Gasteiger partial charge in [0.15, 0.2) is 17.2 Å². The van der Waals surface area contributed by atoms with Crippen molar-refractivity contribution >= 4 is 5.69 Å². The zero-order chi connectivity index (χ0) is 12.5. The highest BCUT2D eigenvalue weighted by molar-refractivity contribution is 5.55. The minimum Gasteiger partial charge on any atom is -0.258 e. The van der Waals surface area contributed by atoms with Crippen LogP contribution in [0.2, 0.25) is 0 Å². The van der Waals surface area contributed by atoms with Crippen LogP contribution in [0.3, 0.4) is 0 Å². The van der Waals surface area contributed by atoms with Crippen molar-refractivity contribution in [1.29, 1.82) is 10.5 Å². The molecule has 0 aromatic heterocycles.